The maximum atomic E-state index is 13.2. The highest BCUT2D eigenvalue weighted by molar-refractivity contribution is 5.80. The van der Waals surface area contributed by atoms with Crippen LogP contribution in [0.4, 0.5) is 0 Å². The average Bonchev–Trinajstić information content (AvgIpc) is 2.67. The molecule has 0 spiro atoms. The predicted molar refractivity (Wildman–Crippen MR) is 106 cm³/mol. The molecule has 5 nitrogen and oxygen atoms in total. The van der Waals surface area contributed by atoms with Crippen LogP contribution in [-0.4, -0.2) is 60.2 Å². The summed E-state index contributed by atoms with van der Waals surface area (Å²) in [5, 5.41) is 9.15. The monoisotopic (exact) mass is 368 g/mol. The van der Waals surface area contributed by atoms with E-state index in [-0.39, 0.29) is 12.6 Å². The normalized spacial score (nSPS) is 16.9. The molecule has 27 heavy (non-hydrogen) atoms. The van der Waals surface area contributed by atoms with Crippen molar-refractivity contribution < 1.29 is 14.6 Å². The van der Waals surface area contributed by atoms with E-state index in [1.54, 1.807) is 0 Å². The standard InChI is InChI=1S/C22H28N2O3/c1-17-7-6-8-18(2)21(17)27-22(26)20(19-9-4-3-5-10-19)24-13-11-23(12-14-24)15-16-25/h3-10,20,25H,11-16H2,1-2H3/t20-/m0/s1. The Bertz CT molecular complexity index is 735. The Morgan fingerprint density at radius 3 is 2.22 bits per heavy atom. The van der Waals surface area contributed by atoms with Crippen LogP contribution < -0.4 is 4.74 Å². The Morgan fingerprint density at radius 1 is 1.00 bits per heavy atom. The first-order chi connectivity index (χ1) is 13.1. The van der Waals surface area contributed by atoms with Gasteiger partial charge in [0, 0.05) is 32.7 Å². The first-order valence-corrected chi connectivity index (χ1v) is 9.50. The number of β-amino-alcohol motifs (C(OH)–C–C–N with tert-alkyl or cyclic N) is 1. The van der Waals surface area contributed by atoms with Gasteiger partial charge in [-0.1, -0.05) is 48.5 Å². The molecule has 0 unspecified atom stereocenters. The molecule has 2 aromatic rings. The molecular formula is C22H28N2O3. The lowest BCUT2D eigenvalue weighted by molar-refractivity contribution is -0.141. The molecule has 1 heterocycles. The topological polar surface area (TPSA) is 53.0 Å². The number of para-hydroxylation sites is 1. The summed E-state index contributed by atoms with van der Waals surface area (Å²) in [6.45, 7) is 7.96. The van der Waals surface area contributed by atoms with Crippen LogP contribution in [0.5, 0.6) is 5.75 Å². The number of ether oxygens (including phenoxy) is 1. The maximum Gasteiger partial charge on any atom is 0.333 e. The third-order valence-corrected chi connectivity index (χ3v) is 5.14. The minimum absolute atomic E-state index is 0.163. The second-order valence-electron chi connectivity index (χ2n) is 7.06. The van der Waals surface area contributed by atoms with E-state index >= 15 is 0 Å². The SMILES string of the molecule is Cc1cccc(C)c1OC(=O)[C@H](c1ccccc1)N1CCN(CCO)CC1. The summed E-state index contributed by atoms with van der Waals surface area (Å²) < 4.78 is 5.89. The van der Waals surface area contributed by atoms with Gasteiger partial charge in [-0.3, -0.25) is 9.80 Å². The summed E-state index contributed by atoms with van der Waals surface area (Å²) in [5.41, 5.74) is 2.87. The van der Waals surface area contributed by atoms with Crippen molar-refractivity contribution in [1.82, 2.24) is 9.80 Å². The number of aliphatic hydroxyl groups is 1. The second kappa shape index (κ2) is 9.13. The highest BCUT2D eigenvalue weighted by Gasteiger charge is 2.32. The molecule has 0 aliphatic carbocycles. The highest BCUT2D eigenvalue weighted by atomic mass is 16.5. The van der Waals surface area contributed by atoms with Gasteiger partial charge in [-0.2, -0.15) is 0 Å². The van der Waals surface area contributed by atoms with Crippen LogP contribution in [0.15, 0.2) is 48.5 Å². The van der Waals surface area contributed by atoms with Gasteiger partial charge in [0.25, 0.3) is 0 Å². The fourth-order valence-electron chi connectivity index (χ4n) is 3.63. The number of hydrogen-bond donors (Lipinski definition) is 1. The lowest BCUT2D eigenvalue weighted by Crippen LogP contribution is -2.50. The van der Waals surface area contributed by atoms with Crippen molar-refractivity contribution in [3.63, 3.8) is 0 Å². The van der Waals surface area contributed by atoms with E-state index in [9.17, 15) is 4.79 Å². The van der Waals surface area contributed by atoms with Crippen LogP contribution in [0.2, 0.25) is 0 Å². The van der Waals surface area contributed by atoms with Gasteiger partial charge in [0.15, 0.2) is 0 Å². The molecular weight excluding hydrogens is 340 g/mol. The van der Waals surface area contributed by atoms with Crippen LogP contribution in [0, 0.1) is 13.8 Å². The fraction of sp³-hybridized carbons (Fsp3) is 0.409. The first kappa shape index (κ1) is 19.5. The molecule has 5 heteroatoms. The molecule has 144 valence electrons. The van der Waals surface area contributed by atoms with Crippen LogP contribution >= 0.6 is 0 Å². The zero-order chi connectivity index (χ0) is 19.2. The summed E-state index contributed by atoms with van der Waals surface area (Å²) >= 11 is 0. The quantitative estimate of drug-likeness (QED) is 0.627. The van der Waals surface area contributed by atoms with Crippen molar-refractivity contribution in [2.45, 2.75) is 19.9 Å². The Hall–Kier alpha value is -2.21. The van der Waals surface area contributed by atoms with E-state index in [0.717, 1.165) is 42.9 Å². The molecule has 1 saturated heterocycles. The first-order valence-electron chi connectivity index (χ1n) is 9.50. The lowest BCUT2D eigenvalue weighted by atomic mass is 10.0. The van der Waals surface area contributed by atoms with Crippen LogP contribution in [0.1, 0.15) is 22.7 Å². The lowest BCUT2D eigenvalue weighted by Gasteiger charge is -2.38. The van der Waals surface area contributed by atoms with E-state index in [1.165, 1.54) is 0 Å². The van der Waals surface area contributed by atoms with E-state index in [4.69, 9.17) is 9.84 Å². The number of carbonyl (C=O) groups is 1. The number of benzene rings is 2. The number of aliphatic hydroxyl groups excluding tert-OH is 1. The summed E-state index contributed by atoms with van der Waals surface area (Å²) in [7, 11) is 0. The maximum absolute atomic E-state index is 13.2. The van der Waals surface area contributed by atoms with Crippen LogP contribution in [0.3, 0.4) is 0 Å². The van der Waals surface area contributed by atoms with E-state index in [0.29, 0.717) is 12.3 Å². The molecule has 1 atom stereocenters. The molecule has 1 fully saturated rings. The molecule has 0 bridgehead atoms. The predicted octanol–water partition coefficient (Wildman–Crippen LogP) is 2.56. The molecule has 3 rings (SSSR count). The minimum atomic E-state index is -0.429. The molecule has 1 aliphatic rings. The number of esters is 1. The summed E-state index contributed by atoms with van der Waals surface area (Å²) in [5.74, 6) is 0.413. The fourth-order valence-corrected chi connectivity index (χ4v) is 3.63. The van der Waals surface area contributed by atoms with E-state index in [2.05, 4.69) is 9.80 Å². The molecule has 0 saturated carbocycles. The van der Waals surface area contributed by atoms with Crippen molar-refractivity contribution in [3.05, 3.63) is 65.2 Å². The van der Waals surface area contributed by atoms with Gasteiger partial charge >= 0.3 is 5.97 Å². The van der Waals surface area contributed by atoms with Crippen molar-refractivity contribution in [1.29, 1.82) is 0 Å². The largest absolute Gasteiger partial charge is 0.425 e. The zero-order valence-electron chi connectivity index (χ0n) is 16.1. The number of nitrogens with zero attached hydrogens (tertiary/aromatic N) is 2. The van der Waals surface area contributed by atoms with E-state index < -0.39 is 6.04 Å². The molecule has 0 amide bonds. The van der Waals surface area contributed by atoms with Crippen molar-refractivity contribution in [3.8, 4) is 5.75 Å². The molecule has 0 aromatic heterocycles. The van der Waals surface area contributed by atoms with Gasteiger partial charge in [-0.25, -0.2) is 4.79 Å². The Kier molecular flexibility index (Phi) is 6.61. The third kappa shape index (κ3) is 4.75. The molecule has 1 N–H and O–H groups in total. The Morgan fingerprint density at radius 2 is 1.63 bits per heavy atom. The minimum Gasteiger partial charge on any atom is -0.425 e. The summed E-state index contributed by atoms with van der Waals surface area (Å²) in [4.78, 5) is 17.6. The second-order valence-corrected chi connectivity index (χ2v) is 7.06. The van der Waals surface area contributed by atoms with Crippen molar-refractivity contribution in [2.75, 3.05) is 39.3 Å². The number of carbonyl (C=O) groups excluding carboxylic acids is 1. The molecule has 2 aromatic carbocycles. The van der Waals surface area contributed by atoms with Gasteiger partial charge in [0.05, 0.1) is 6.61 Å². The van der Waals surface area contributed by atoms with Crippen LogP contribution in [-0.2, 0) is 4.79 Å². The summed E-state index contributed by atoms with van der Waals surface area (Å²) in [6, 6.07) is 15.3. The van der Waals surface area contributed by atoms with Gasteiger partial charge in [-0.05, 0) is 30.5 Å². The Labute approximate surface area is 161 Å². The van der Waals surface area contributed by atoms with Gasteiger partial charge in [0.1, 0.15) is 11.8 Å². The zero-order valence-corrected chi connectivity index (χ0v) is 16.1. The number of aryl methyl sites for hydroxylation is 2. The van der Waals surface area contributed by atoms with Gasteiger partial charge < -0.3 is 9.84 Å². The van der Waals surface area contributed by atoms with Crippen LogP contribution in [0.25, 0.3) is 0 Å². The smallest absolute Gasteiger partial charge is 0.333 e. The third-order valence-electron chi connectivity index (χ3n) is 5.14. The van der Waals surface area contributed by atoms with Crippen molar-refractivity contribution >= 4 is 5.97 Å². The van der Waals surface area contributed by atoms with Crippen molar-refractivity contribution in [2.24, 2.45) is 0 Å². The summed E-state index contributed by atoms with van der Waals surface area (Å²) in [6.07, 6.45) is 0. The molecule has 1 aliphatic heterocycles. The number of rotatable bonds is 6. The van der Waals surface area contributed by atoms with E-state index in [1.807, 2.05) is 62.4 Å². The number of hydrogen-bond acceptors (Lipinski definition) is 5. The number of piperazine rings is 1. The highest BCUT2D eigenvalue weighted by Crippen LogP contribution is 2.28. The molecule has 0 radical (unpaired) electrons. The Balaban J connectivity index is 1.81. The average molecular weight is 368 g/mol. The van der Waals surface area contributed by atoms with Gasteiger partial charge in [0.2, 0.25) is 0 Å². The van der Waals surface area contributed by atoms with Gasteiger partial charge in [-0.15, -0.1) is 0 Å².